The second-order valence-corrected chi connectivity index (χ2v) is 5.69. The molecule has 0 spiro atoms. The van der Waals surface area contributed by atoms with Gasteiger partial charge < -0.3 is 15.5 Å². The summed E-state index contributed by atoms with van der Waals surface area (Å²) in [6.07, 6.45) is 8.30. The number of nitrogens with one attached hydrogen (secondary N) is 2. The summed E-state index contributed by atoms with van der Waals surface area (Å²) in [4.78, 5) is 13.9. The molecule has 2 aromatic rings. The van der Waals surface area contributed by atoms with E-state index in [9.17, 15) is 4.79 Å². The van der Waals surface area contributed by atoms with Crippen LogP contribution in [0.5, 0.6) is 0 Å². The van der Waals surface area contributed by atoms with Crippen molar-refractivity contribution in [2.75, 3.05) is 27.2 Å². The maximum Gasteiger partial charge on any atom is 0.314 e. The zero-order chi connectivity index (χ0) is 16.7. The van der Waals surface area contributed by atoms with Crippen molar-refractivity contribution in [2.45, 2.75) is 19.0 Å². The lowest BCUT2D eigenvalue weighted by atomic mass is 10.1. The Morgan fingerprint density at radius 1 is 1.35 bits per heavy atom. The Morgan fingerprint density at radius 2 is 2.17 bits per heavy atom. The van der Waals surface area contributed by atoms with Crippen LogP contribution < -0.4 is 10.6 Å². The van der Waals surface area contributed by atoms with Crippen LogP contribution in [0.25, 0.3) is 0 Å². The first-order valence-corrected chi connectivity index (χ1v) is 7.70. The van der Waals surface area contributed by atoms with Gasteiger partial charge in [-0.1, -0.05) is 0 Å². The molecule has 23 heavy (non-hydrogen) atoms. The van der Waals surface area contributed by atoms with Gasteiger partial charge in [0.15, 0.2) is 0 Å². The highest BCUT2D eigenvalue weighted by atomic mass is 16.2. The smallest absolute Gasteiger partial charge is 0.314 e. The molecule has 2 N–H and O–H groups in total. The van der Waals surface area contributed by atoms with Crippen molar-refractivity contribution in [1.82, 2.24) is 35.1 Å². The lowest BCUT2D eigenvalue weighted by Crippen LogP contribution is -2.40. The van der Waals surface area contributed by atoms with E-state index in [2.05, 4.69) is 25.7 Å². The maximum atomic E-state index is 11.9. The topological polar surface area (TPSA) is 80.0 Å². The third-order valence-electron chi connectivity index (χ3n) is 3.60. The standard InChI is InChI=1S/C15H25N7O/c1-20(2)14(13-10-19-21(3)12-13)11-17-15(23)16-6-4-8-22-9-5-7-18-22/h5,7,9-10,12,14H,4,6,8,11H2,1-3H3,(H2,16,17,23)/t14-/m0/s1. The molecule has 2 rings (SSSR count). The fraction of sp³-hybridized carbons (Fsp3) is 0.533. The van der Waals surface area contributed by atoms with Gasteiger partial charge in [0, 0.05) is 50.8 Å². The number of urea groups is 1. The van der Waals surface area contributed by atoms with Crippen molar-refractivity contribution in [3.63, 3.8) is 0 Å². The second-order valence-electron chi connectivity index (χ2n) is 5.69. The number of nitrogens with zero attached hydrogens (tertiary/aromatic N) is 5. The van der Waals surface area contributed by atoms with Gasteiger partial charge in [-0.25, -0.2) is 4.79 Å². The Hall–Kier alpha value is -2.35. The first kappa shape index (κ1) is 17.0. The van der Waals surface area contributed by atoms with Gasteiger partial charge in [0.2, 0.25) is 0 Å². The van der Waals surface area contributed by atoms with Gasteiger partial charge in [-0.15, -0.1) is 0 Å². The Labute approximate surface area is 136 Å². The van der Waals surface area contributed by atoms with Crippen LogP contribution in [-0.4, -0.2) is 57.7 Å². The first-order valence-electron chi connectivity index (χ1n) is 7.70. The lowest BCUT2D eigenvalue weighted by Gasteiger charge is -2.23. The summed E-state index contributed by atoms with van der Waals surface area (Å²) in [5.74, 6) is 0. The summed E-state index contributed by atoms with van der Waals surface area (Å²) in [5, 5.41) is 14.1. The molecule has 0 unspecified atom stereocenters. The number of hydrogen-bond acceptors (Lipinski definition) is 4. The van der Waals surface area contributed by atoms with Crippen LogP contribution in [-0.2, 0) is 13.6 Å². The average molecular weight is 319 g/mol. The molecule has 0 radical (unpaired) electrons. The summed E-state index contributed by atoms with van der Waals surface area (Å²) < 4.78 is 3.62. The molecule has 1 atom stereocenters. The van der Waals surface area contributed by atoms with E-state index in [-0.39, 0.29) is 12.1 Å². The molecule has 0 saturated heterocycles. The van der Waals surface area contributed by atoms with E-state index in [0.29, 0.717) is 13.1 Å². The highest BCUT2D eigenvalue weighted by Crippen LogP contribution is 2.15. The Morgan fingerprint density at radius 3 is 2.78 bits per heavy atom. The summed E-state index contributed by atoms with van der Waals surface area (Å²) in [6.45, 7) is 1.94. The van der Waals surface area contributed by atoms with Gasteiger partial charge in [-0.3, -0.25) is 9.36 Å². The van der Waals surface area contributed by atoms with Crippen LogP contribution in [0.2, 0.25) is 0 Å². The number of rotatable bonds is 8. The van der Waals surface area contributed by atoms with Gasteiger partial charge in [-0.05, 0) is 26.6 Å². The third-order valence-corrected chi connectivity index (χ3v) is 3.60. The molecule has 2 amide bonds. The van der Waals surface area contributed by atoms with Crippen molar-refractivity contribution in [1.29, 1.82) is 0 Å². The Balaban J connectivity index is 1.69. The zero-order valence-corrected chi connectivity index (χ0v) is 13.9. The molecule has 126 valence electrons. The number of carbonyl (C=O) groups excluding carboxylic acids is 1. The van der Waals surface area contributed by atoms with Gasteiger partial charge in [-0.2, -0.15) is 10.2 Å². The lowest BCUT2D eigenvalue weighted by molar-refractivity contribution is 0.232. The van der Waals surface area contributed by atoms with Gasteiger partial charge in [0.05, 0.1) is 12.2 Å². The van der Waals surface area contributed by atoms with E-state index in [4.69, 9.17) is 0 Å². The van der Waals surface area contributed by atoms with Crippen molar-refractivity contribution in [3.05, 3.63) is 36.4 Å². The van der Waals surface area contributed by atoms with Gasteiger partial charge >= 0.3 is 6.03 Å². The third kappa shape index (κ3) is 5.41. The SMILES string of the molecule is CN(C)[C@@H](CNC(=O)NCCCn1cccn1)c1cnn(C)c1. The largest absolute Gasteiger partial charge is 0.338 e. The minimum atomic E-state index is -0.152. The van der Waals surface area contributed by atoms with E-state index >= 15 is 0 Å². The molecule has 0 aromatic carbocycles. The molecule has 0 aliphatic carbocycles. The van der Waals surface area contributed by atoms with E-state index in [1.54, 1.807) is 10.9 Å². The van der Waals surface area contributed by atoms with Crippen LogP contribution in [0.4, 0.5) is 4.79 Å². The predicted molar refractivity (Wildman–Crippen MR) is 87.9 cm³/mol. The molecule has 8 nitrogen and oxygen atoms in total. The fourth-order valence-corrected chi connectivity index (χ4v) is 2.34. The molecule has 0 saturated carbocycles. The molecular weight excluding hydrogens is 294 g/mol. The van der Waals surface area contributed by atoms with E-state index in [1.165, 1.54) is 0 Å². The predicted octanol–water partition coefficient (Wildman–Crippen LogP) is 0.609. The number of aryl methyl sites for hydroxylation is 2. The van der Waals surface area contributed by atoms with Crippen LogP contribution in [0, 0.1) is 0 Å². The molecule has 0 bridgehead atoms. The summed E-state index contributed by atoms with van der Waals surface area (Å²) in [7, 11) is 5.86. The van der Waals surface area contributed by atoms with Crippen LogP contribution >= 0.6 is 0 Å². The average Bonchev–Trinajstić information content (AvgIpc) is 3.15. The summed E-state index contributed by atoms with van der Waals surface area (Å²) in [5.41, 5.74) is 1.08. The highest BCUT2D eigenvalue weighted by Gasteiger charge is 2.16. The molecule has 2 heterocycles. The van der Waals surface area contributed by atoms with Crippen LogP contribution in [0.15, 0.2) is 30.9 Å². The Bertz CT molecular complexity index is 591. The van der Waals surface area contributed by atoms with E-state index < -0.39 is 0 Å². The molecule has 0 aliphatic rings. The number of aromatic nitrogens is 4. The molecule has 0 fully saturated rings. The molecule has 8 heteroatoms. The highest BCUT2D eigenvalue weighted by molar-refractivity contribution is 5.73. The van der Waals surface area contributed by atoms with E-state index in [0.717, 1.165) is 18.5 Å². The quantitative estimate of drug-likeness (QED) is 0.699. The fourth-order valence-electron chi connectivity index (χ4n) is 2.34. The van der Waals surface area contributed by atoms with Crippen molar-refractivity contribution < 1.29 is 4.79 Å². The number of carbonyl (C=O) groups is 1. The normalized spacial score (nSPS) is 12.3. The number of hydrogen-bond donors (Lipinski definition) is 2. The van der Waals surface area contributed by atoms with E-state index in [1.807, 2.05) is 50.5 Å². The van der Waals surface area contributed by atoms with Gasteiger partial charge in [0.1, 0.15) is 0 Å². The molecular formula is C15H25N7O. The molecule has 0 aliphatic heterocycles. The Kier molecular flexibility index (Phi) is 6.16. The van der Waals surface area contributed by atoms with Crippen molar-refractivity contribution in [3.8, 4) is 0 Å². The minimum absolute atomic E-state index is 0.0959. The second kappa shape index (κ2) is 8.33. The van der Waals surface area contributed by atoms with Crippen molar-refractivity contribution >= 4 is 6.03 Å². The molecule has 2 aromatic heterocycles. The number of likely N-dealkylation sites (N-methyl/N-ethyl adjacent to an activating group) is 1. The zero-order valence-electron chi connectivity index (χ0n) is 13.9. The van der Waals surface area contributed by atoms with Crippen molar-refractivity contribution in [2.24, 2.45) is 7.05 Å². The first-order chi connectivity index (χ1) is 11.1. The van der Waals surface area contributed by atoms with Gasteiger partial charge in [0.25, 0.3) is 0 Å². The summed E-state index contributed by atoms with van der Waals surface area (Å²) >= 11 is 0. The summed E-state index contributed by atoms with van der Waals surface area (Å²) in [6, 6.07) is 1.83. The maximum absolute atomic E-state index is 11.9. The van der Waals surface area contributed by atoms with Crippen LogP contribution in [0.1, 0.15) is 18.0 Å². The number of amides is 2. The monoisotopic (exact) mass is 319 g/mol. The minimum Gasteiger partial charge on any atom is -0.338 e. The van der Waals surface area contributed by atoms with Crippen LogP contribution in [0.3, 0.4) is 0 Å².